The summed E-state index contributed by atoms with van der Waals surface area (Å²) >= 11 is 7.22. The maximum Gasteiger partial charge on any atom is 0.133 e. The molecule has 0 saturated heterocycles. The van der Waals surface area contributed by atoms with Crippen LogP contribution in [0.25, 0.3) is 22.5 Å². The van der Waals surface area contributed by atoms with Crippen molar-refractivity contribution in [3.63, 3.8) is 0 Å². The molecule has 10 nitrogen and oxygen atoms in total. The highest BCUT2D eigenvalue weighted by molar-refractivity contribution is 9.10. The van der Waals surface area contributed by atoms with Crippen LogP contribution in [-0.4, -0.2) is 56.3 Å². The van der Waals surface area contributed by atoms with Crippen LogP contribution in [0.15, 0.2) is 82.0 Å². The van der Waals surface area contributed by atoms with Crippen LogP contribution in [0.2, 0.25) is 0 Å². The average molecular weight is 725 g/mol. The Morgan fingerprint density at radius 2 is 1.11 bits per heavy atom. The van der Waals surface area contributed by atoms with Gasteiger partial charge in [0.05, 0.1) is 34.6 Å². The quantitative estimate of drug-likeness (QED) is 0.125. The summed E-state index contributed by atoms with van der Waals surface area (Å²) in [6, 6.07) is 20.4. The van der Waals surface area contributed by atoms with E-state index in [0.29, 0.717) is 39.4 Å². The van der Waals surface area contributed by atoms with Crippen molar-refractivity contribution in [1.82, 2.24) is 30.0 Å². The van der Waals surface area contributed by atoms with Crippen LogP contribution in [-0.2, 0) is 25.9 Å². The summed E-state index contributed by atoms with van der Waals surface area (Å²) in [7, 11) is 0. The summed E-state index contributed by atoms with van der Waals surface area (Å²) in [5.74, 6) is 1.65. The smallest absolute Gasteiger partial charge is 0.133 e. The molecule has 230 valence electrons. The molecule has 5 aromatic rings. The lowest BCUT2D eigenvalue weighted by atomic mass is 10.1. The van der Waals surface area contributed by atoms with Gasteiger partial charge in [0.2, 0.25) is 0 Å². The van der Waals surface area contributed by atoms with Gasteiger partial charge in [-0.15, -0.1) is 10.2 Å². The lowest BCUT2D eigenvalue weighted by Crippen LogP contribution is -2.06. The lowest BCUT2D eigenvalue weighted by molar-refractivity contribution is 0.311. The van der Waals surface area contributed by atoms with Gasteiger partial charge < -0.3 is 20.9 Å². The molecule has 0 atom stereocenters. The Labute approximate surface area is 274 Å². The second kappa shape index (κ2) is 15.9. The van der Waals surface area contributed by atoms with E-state index in [4.69, 9.17) is 20.9 Å². The minimum atomic E-state index is 0.607. The summed E-state index contributed by atoms with van der Waals surface area (Å²) in [4.78, 5) is 0. The van der Waals surface area contributed by atoms with E-state index in [9.17, 15) is 0 Å². The fourth-order valence-corrected chi connectivity index (χ4v) is 5.65. The summed E-state index contributed by atoms with van der Waals surface area (Å²) in [5, 5.41) is 17.6. The second-order valence-electron chi connectivity index (χ2n) is 10.3. The molecule has 0 saturated carbocycles. The van der Waals surface area contributed by atoms with Gasteiger partial charge in [0.25, 0.3) is 0 Å². The van der Waals surface area contributed by atoms with Gasteiger partial charge in [-0.3, -0.25) is 9.36 Å². The molecule has 0 radical (unpaired) electrons. The number of hydrogen-bond donors (Lipinski definition) is 2. The Morgan fingerprint density at radius 1 is 0.636 bits per heavy atom. The fraction of sp³-hybridized carbons (Fsp3) is 0.312. The van der Waals surface area contributed by atoms with Crippen molar-refractivity contribution in [2.45, 2.75) is 38.8 Å². The minimum absolute atomic E-state index is 0.607. The molecule has 2 heterocycles. The van der Waals surface area contributed by atoms with E-state index in [1.54, 1.807) is 0 Å². The monoisotopic (exact) mass is 722 g/mol. The number of nitrogens with zero attached hydrogens (tertiary/aromatic N) is 6. The van der Waals surface area contributed by atoms with Crippen LogP contribution in [0, 0.1) is 0 Å². The number of rotatable bonds is 16. The zero-order valence-corrected chi connectivity index (χ0v) is 27.6. The molecule has 0 aliphatic carbocycles. The van der Waals surface area contributed by atoms with Crippen LogP contribution >= 0.6 is 31.9 Å². The van der Waals surface area contributed by atoms with E-state index in [1.165, 1.54) is 11.1 Å². The van der Waals surface area contributed by atoms with Crippen molar-refractivity contribution < 1.29 is 9.47 Å². The van der Waals surface area contributed by atoms with Crippen LogP contribution < -0.4 is 20.9 Å². The molecule has 12 heteroatoms. The van der Waals surface area contributed by atoms with E-state index < -0.39 is 0 Å². The Balaban J connectivity index is 1.16. The number of nitrogens with two attached hydrogens (primary N) is 2. The standard InChI is InChI=1S/C32H36Br2N8O2/c33-27-18-23(6-8-31(27)43-16-2-12-35)10-14-41-21-29(37-39-41)25-4-1-5-26(20-25)30-22-42(40-38-30)15-11-24-7-9-32(28(34)19-24)44-17-3-13-36/h1,4-9,18-22H,2-3,10-17,35-36H2. The number of aryl methyl sites for hydroxylation is 4. The van der Waals surface area contributed by atoms with Crippen molar-refractivity contribution in [2.75, 3.05) is 26.3 Å². The number of ether oxygens (including phenoxy) is 2. The minimum Gasteiger partial charge on any atom is -0.492 e. The molecule has 0 aliphatic rings. The Bertz CT molecular complexity index is 1540. The van der Waals surface area contributed by atoms with E-state index in [-0.39, 0.29) is 0 Å². The molecule has 0 aliphatic heterocycles. The van der Waals surface area contributed by atoms with Gasteiger partial charge in [0, 0.05) is 24.2 Å². The first-order valence-corrected chi connectivity index (χ1v) is 16.2. The molecule has 4 N–H and O–H groups in total. The predicted molar refractivity (Wildman–Crippen MR) is 178 cm³/mol. The predicted octanol–water partition coefficient (Wildman–Crippen LogP) is 5.67. The molecule has 0 bridgehead atoms. The highest BCUT2D eigenvalue weighted by Gasteiger charge is 2.10. The summed E-state index contributed by atoms with van der Waals surface area (Å²) in [6.45, 7) is 3.86. The van der Waals surface area contributed by atoms with Crippen LogP contribution in [0.4, 0.5) is 0 Å². The Kier molecular flexibility index (Phi) is 11.5. The first-order valence-electron chi connectivity index (χ1n) is 14.7. The molecule has 0 amide bonds. The highest BCUT2D eigenvalue weighted by Crippen LogP contribution is 2.28. The van der Waals surface area contributed by atoms with Crippen LogP contribution in [0.3, 0.4) is 0 Å². The fourth-order valence-electron chi connectivity index (χ4n) is 4.57. The number of halogens is 2. The van der Waals surface area contributed by atoms with Gasteiger partial charge in [-0.25, -0.2) is 0 Å². The largest absolute Gasteiger partial charge is 0.492 e. The summed E-state index contributed by atoms with van der Waals surface area (Å²) < 4.78 is 17.2. The molecule has 2 aromatic heterocycles. The van der Waals surface area contributed by atoms with Crippen LogP contribution in [0.5, 0.6) is 11.5 Å². The van der Waals surface area contributed by atoms with E-state index >= 15 is 0 Å². The number of benzene rings is 3. The van der Waals surface area contributed by atoms with Gasteiger partial charge in [-0.2, -0.15) is 0 Å². The van der Waals surface area contributed by atoms with Crippen molar-refractivity contribution in [2.24, 2.45) is 11.5 Å². The van der Waals surface area contributed by atoms with Crippen molar-refractivity contribution in [1.29, 1.82) is 0 Å². The zero-order chi connectivity index (χ0) is 30.7. The maximum atomic E-state index is 5.77. The average Bonchev–Trinajstić information content (AvgIpc) is 3.72. The normalized spacial score (nSPS) is 11.2. The summed E-state index contributed by atoms with van der Waals surface area (Å²) in [6.07, 6.45) is 7.24. The van der Waals surface area contributed by atoms with E-state index in [0.717, 1.165) is 68.6 Å². The lowest BCUT2D eigenvalue weighted by Gasteiger charge is -2.09. The Hall–Kier alpha value is -3.58. The highest BCUT2D eigenvalue weighted by atomic mass is 79.9. The maximum absolute atomic E-state index is 5.77. The first kappa shape index (κ1) is 31.8. The van der Waals surface area contributed by atoms with Gasteiger partial charge in [0.1, 0.15) is 22.9 Å². The zero-order valence-electron chi connectivity index (χ0n) is 24.4. The van der Waals surface area contributed by atoms with Crippen molar-refractivity contribution in [3.8, 4) is 34.0 Å². The summed E-state index contributed by atoms with van der Waals surface area (Å²) in [5.41, 5.74) is 17.0. The van der Waals surface area contributed by atoms with Gasteiger partial charge in [0.15, 0.2) is 0 Å². The van der Waals surface area contributed by atoms with E-state index in [2.05, 4.69) is 82.8 Å². The topological polar surface area (TPSA) is 132 Å². The molecule has 0 unspecified atom stereocenters. The molecule has 0 spiro atoms. The second-order valence-corrected chi connectivity index (χ2v) is 12.0. The van der Waals surface area contributed by atoms with Crippen molar-refractivity contribution >= 4 is 31.9 Å². The first-order chi connectivity index (χ1) is 21.5. The van der Waals surface area contributed by atoms with Gasteiger partial charge >= 0.3 is 0 Å². The number of hydrogen-bond acceptors (Lipinski definition) is 8. The molecule has 44 heavy (non-hydrogen) atoms. The molecule has 5 rings (SSSR count). The third-order valence-corrected chi connectivity index (χ3v) is 8.23. The third-order valence-electron chi connectivity index (χ3n) is 7.00. The molecular formula is C32H36Br2N8O2. The Morgan fingerprint density at radius 3 is 1.55 bits per heavy atom. The molecular weight excluding hydrogens is 688 g/mol. The molecule has 0 fully saturated rings. The van der Waals surface area contributed by atoms with E-state index in [1.807, 2.05) is 52.1 Å². The van der Waals surface area contributed by atoms with Crippen LogP contribution in [0.1, 0.15) is 24.0 Å². The van der Waals surface area contributed by atoms with Gasteiger partial charge in [-0.05, 0) is 112 Å². The third kappa shape index (κ3) is 8.75. The van der Waals surface area contributed by atoms with Crippen molar-refractivity contribution in [3.05, 3.63) is 93.1 Å². The van der Waals surface area contributed by atoms with Gasteiger partial charge in [-0.1, -0.05) is 40.8 Å². The molecule has 3 aromatic carbocycles. The SMILES string of the molecule is NCCCOc1ccc(CCn2cc(-c3cccc(-c4cn(CCc5ccc(OCCCN)c(Br)c5)nn4)c3)nn2)cc1Br. The number of aromatic nitrogens is 6.